The molecule has 1 fully saturated rings. The number of hydrogen-bond acceptors (Lipinski definition) is 2. The van der Waals surface area contributed by atoms with Gasteiger partial charge in [-0.3, -0.25) is 8.32 Å². The highest BCUT2D eigenvalue weighted by Gasteiger charge is 2.19. The molecule has 0 aliphatic carbocycles. The second-order valence-electron chi connectivity index (χ2n) is 3.49. The van der Waals surface area contributed by atoms with Gasteiger partial charge in [0, 0.05) is 13.0 Å². The predicted molar refractivity (Wildman–Crippen MR) is 57.0 cm³/mol. The Kier molecular flexibility index (Phi) is 4.28. The molecule has 0 saturated carbocycles. The average Bonchev–Trinajstić information content (AvgIpc) is 2.04. The molecule has 0 aromatic carbocycles. The Morgan fingerprint density at radius 2 is 2.50 bits per heavy atom. The zero-order valence-electron chi connectivity index (χ0n) is 7.35. The lowest BCUT2D eigenvalue weighted by Crippen LogP contribution is -2.34. The van der Waals surface area contributed by atoms with Crippen molar-refractivity contribution in [3.05, 3.63) is 0 Å². The fraction of sp³-hybridized carbons (Fsp3) is 0.875. The van der Waals surface area contributed by atoms with E-state index in [-0.39, 0.29) is 5.91 Å². The van der Waals surface area contributed by atoms with E-state index in [1.807, 2.05) is 22.9 Å². The van der Waals surface area contributed by atoms with Crippen LogP contribution >= 0.6 is 22.9 Å². The first kappa shape index (κ1) is 10.2. The molecule has 1 aliphatic rings. The zero-order chi connectivity index (χ0) is 8.97. The summed E-state index contributed by atoms with van der Waals surface area (Å²) in [5.74, 6) is 0.731. The number of piperidine rings is 1. The van der Waals surface area contributed by atoms with E-state index in [1.54, 1.807) is 0 Å². The highest BCUT2D eigenvalue weighted by atomic mass is 127. The molecule has 1 saturated heterocycles. The quantitative estimate of drug-likeness (QED) is 0.609. The van der Waals surface area contributed by atoms with E-state index < -0.39 is 0 Å². The van der Waals surface area contributed by atoms with Crippen LogP contribution in [0.1, 0.15) is 19.3 Å². The Hall–Kier alpha value is 0.160. The summed E-state index contributed by atoms with van der Waals surface area (Å²) in [5, 5.41) is 0. The minimum atomic E-state index is 0.163. The summed E-state index contributed by atoms with van der Waals surface area (Å²) in [6.45, 7) is 2.26. The maximum Gasteiger partial charge on any atom is 0.228 e. The van der Waals surface area contributed by atoms with Crippen molar-refractivity contribution < 1.29 is 4.79 Å². The first-order chi connectivity index (χ1) is 5.72. The van der Waals surface area contributed by atoms with Gasteiger partial charge in [0.2, 0.25) is 5.91 Å². The van der Waals surface area contributed by atoms with Crippen molar-refractivity contribution in [3.63, 3.8) is 0 Å². The molecule has 4 heteroatoms. The summed E-state index contributed by atoms with van der Waals surface area (Å²) < 4.78 is 2.64. The Balaban J connectivity index is 2.27. The number of nitrogens with one attached hydrogen (secondary N) is 1. The topological polar surface area (TPSA) is 32.3 Å². The van der Waals surface area contributed by atoms with E-state index in [0.29, 0.717) is 12.3 Å². The molecule has 0 bridgehead atoms. The van der Waals surface area contributed by atoms with E-state index >= 15 is 0 Å². The number of likely N-dealkylation sites (tertiary alicyclic amines) is 1. The molecule has 1 aliphatic heterocycles. The fourth-order valence-corrected chi connectivity index (χ4v) is 1.96. The fourth-order valence-electron chi connectivity index (χ4n) is 1.74. The van der Waals surface area contributed by atoms with Crippen LogP contribution in [-0.4, -0.2) is 30.9 Å². The van der Waals surface area contributed by atoms with Crippen LogP contribution < -0.4 is 3.53 Å². The summed E-state index contributed by atoms with van der Waals surface area (Å²) >= 11 is 1.90. The third-order valence-electron chi connectivity index (χ3n) is 2.30. The highest BCUT2D eigenvalue weighted by Crippen LogP contribution is 2.18. The van der Waals surface area contributed by atoms with Crippen molar-refractivity contribution in [2.75, 3.05) is 20.1 Å². The Morgan fingerprint density at radius 3 is 3.08 bits per heavy atom. The SMILES string of the molecule is CN1CCCC(CC(=O)NI)C1. The minimum absolute atomic E-state index is 0.163. The molecular formula is C8H15IN2O. The van der Waals surface area contributed by atoms with Crippen LogP contribution in [0.2, 0.25) is 0 Å². The largest absolute Gasteiger partial charge is 0.306 e. The molecule has 0 aromatic rings. The normalized spacial score (nSPS) is 25.3. The summed E-state index contributed by atoms with van der Waals surface area (Å²) in [5.41, 5.74) is 0. The monoisotopic (exact) mass is 282 g/mol. The third-order valence-corrected chi connectivity index (χ3v) is 2.90. The molecule has 70 valence electrons. The van der Waals surface area contributed by atoms with Crippen molar-refractivity contribution in [1.29, 1.82) is 0 Å². The molecule has 1 N–H and O–H groups in total. The van der Waals surface area contributed by atoms with Crippen molar-refractivity contribution in [3.8, 4) is 0 Å². The van der Waals surface area contributed by atoms with Gasteiger partial charge in [-0.25, -0.2) is 0 Å². The molecule has 3 nitrogen and oxygen atoms in total. The van der Waals surface area contributed by atoms with Crippen LogP contribution in [0, 0.1) is 5.92 Å². The van der Waals surface area contributed by atoms with Crippen LogP contribution in [0.5, 0.6) is 0 Å². The molecule has 1 rings (SSSR count). The first-order valence-corrected chi connectivity index (χ1v) is 5.38. The maximum absolute atomic E-state index is 11.0. The highest BCUT2D eigenvalue weighted by molar-refractivity contribution is 14.1. The molecule has 12 heavy (non-hydrogen) atoms. The lowest BCUT2D eigenvalue weighted by Gasteiger charge is -2.28. The van der Waals surface area contributed by atoms with E-state index in [1.165, 1.54) is 19.4 Å². The number of amides is 1. The van der Waals surface area contributed by atoms with E-state index in [4.69, 9.17) is 0 Å². The van der Waals surface area contributed by atoms with E-state index in [9.17, 15) is 4.79 Å². The summed E-state index contributed by atoms with van der Waals surface area (Å²) in [6, 6.07) is 0. The molecule has 1 heterocycles. The van der Waals surface area contributed by atoms with Gasteiger partial charge in [0.15, 0.2) is 0 Å². The van der Waals surface area contributed by atoms with E-state index in [2.05, 4.69) is 15.5 Å². The van der Waals surface area contributed by atoms with E-state index in [0.717, 1.165) is 6.54 Å². The first-order valence-electron chi connectivity index (χ1n) is 4.30. The molecule has 1 amide bonds. The average molecular weight is 282 g/mol. The second kappa shape index (κ2) is 5.01. The van der Waals surface area contributed by atoms with Crippen molar-refractivity contribution in [2.45, 2.75) is 19.3 Å². The van der Waals surface area contributed by atoms with Gasteiger partial charge in [-0.15, -0.1) is 0 Å². The van der Waals surface area contributed by atoms with Crippen molar-refractivity contribution in [1.82, 2.24) is 8.43 Å². The maximum atomic E-state index is 11.0. The second-order valence-corrected chi connectivity index (χ2v) is 4.03. The molecule has 0 radical (unpaired) electrons. The number of carbonyl (C=O) groups excluding carboxylic acids is 1. The summed E-state index contributed by atoms with van der Waals surface area (Å²) in [7, 11) is 2.12. The number of halogens is 1. The summed E-state index contributed by atoms with van der Waals surface area (Å²) in [4.78, 5) is 13.3. The number of nitrogens with zero attached hydrogens (tertiary/aromatic N) is 1. The van der Waals surface area contributed by atoms with Crippen molar-refractivity contribution in [2.24, 2.45) is 5.92 Å². The van der Waals surface area contributed by atoms with Crippen LogP contribution in [0.3, 0.4) is 0 Å². The molecule has 0 aromatic heterocycles. The van der Waals surface area contributed by atoms with Gasteiger partial charge in [-0.05, 0) is 32.4 Å². The lowest BCUT2D eigenvalue weighted by molar-refractivity contribution is -0.120. The molecule has 1 atom stereocenters. The molecular weight excluding hydrogens is 267 g/mol. The van der Waals surface area contributed by atoms with Gasteiger partial charge in [0.1, 0.15) is 0 Å². The van der Waals surface area contributed by atoms with Crippen molar-refractivity contribution >= 4 is 28.8 Å². The van der Waals surface area contributed by atoms with Gasteiger partial charge in [0.05, 0.1) is 22.9 Å². The van der Waals surface area contributed by atoms with Crippen LogP contribution in [0.25, 0.3) is 0 Å². The number of rotatable bonds is 2. The summed E-state index contributed by atoms with van der Waals surface area (Å²) in [6.07, 6.45) is 3.12. The van der Waals surface area contributed by atoms with Gasteiger partial charge in [-0.1, -0.05) is 0 Å². The van der Waals surface area contributed by atoms with Crippen LogP contribution in [0.15, 0.2) is 0 Å². The standard InChI is InChI=1S/C8H15IN2O/c1-11-4-2-3-7(6-11)5-8(12)10-9/h7H,2-6H2,1H3,(H,10,12). The zero-order valence-corrected chi connectivity index (χ0v) is 9.50. The Morgan fingerprint density at radius 1 is 1.75 bits per heavy atom. The van der Waals surface area contributed by atoms with Gasteiger partial charge < -0.3 is 4.90 Å². The minimum Gasteiger partial charge on any atom is -0.306 e. The van der Waals surface area contributed by atoms with Crippen LogP contribution in [0.4, 0.5) is 0 Å². The van der Waals surface area contributed by atoms with Gasteiger partial charge in [0.25, 0.3) is 0 Å². The predicted octanol–water partition coefficient (Wildman–Crippen LogP) is 1.18. The number of carbonyl (C=O) groups is 1. The third kappa shape index (κ3) is 3.26. The smallest absolute Gasteiger partial charge is 0.228 e. The molecule has 0 spiro atoms. The molecule has 1 unspecified atom stereocenters. The van der Waals surface area contributed by atoms with Gasteiger partial charge in [-0.2, -0.15) is 0 Å². The van der Waals surface area contributed by atoms with Gasteiger partial charge >= 0.3 is 0 Å². The Labute approximate surface area is 87.4 Å². The number of hydrogen-bond donors (Lipinski definition) is 1. The van der Waals surface area contributed by atoms with Crippen LogP contribution in [-0.2, 0) is 4.79 Å². The Bertz CT molecular complexity index is 163. The lowest BCUT2D eigenvalue weighted by atomic mass is 9.95.